The molecule has 162 valence electrons. The number of hydrogen-bond donors (Lipinski definition) is 0. The van der Waals surface area contributed by atoms with E-state index in [9.17, 15) is 0 Å². The van der Waals surface area contributed by atoms with Gasteiger partial charge >= 0.3 is 198 Å². The Bertz CT molecular complexity index is 1330. The first-order valence-corrected chi connectivity index (χ1v) is 15.8. The summed E-state index contributed by atoms with van der Waals surface area (Å²) in [5.74, 6) is 0. The third kappa shape index (κ3) is 4.46. The molecule has 0 saturated heterocycles. The second-order valence-corrected chi connectivity index (χ2v) is 14.8. The Morgan fingerprint density at radius 3 is 2.18 bits per heavy atom. The summed E-state index contributed by atoms with van der Waals surface area (Å²) in [6.07, 6.45) is 1.12. The van der Waals surface area contributed by atoms with E-state index in [1.54, 1.807) is 25.3 Å². The number of rotatable bonds is 4. The molecule has 0 heterocycles. The molecule has 2 aliphatic rings. The van der Waals surface area contributed by atoms with Crippen LogP contribution in [0, 0.1) is 0 Å². The first-order valence-electron chi connectivity index (χ1n) is 10.9. The smallest absolute Gasteiger partial charge is 1.00 e. The summed E-state index contributed by atoms with van der Waals surface area (Å²) in [6, 6.07) is 36.3. The van der Waals surface area contributed by atoms with E-state index in [0.717, 1.165) is 15.0 Å². The molecule has 4 aromatic carbocycles. The molecule has 2 unspecified atom stereocenters. The van der Waals surface area contributed by atoms with Gasteiger partial charge in [-0.15, -0.1) is 0 Å². The predicted octanol–water partition coefficient (Wildman–Crippen LogP) is 0.464. The van der Waals surface area contributed by atoms with Crippen LogP contribution in [0.15, 0.2) is 103 Å². The largest absolute Gasteiger partial charge is 1.00 e. The molecule has 0 N–H and O–H groups in total. The topological polar surface area (TPSA) is 0 Å². The maximum atomic E-state index is 2.45. The fraction of sp³-hybridized carbons (Fsp3) is 0.103. The van der Waals surface area contributed by atoms with Crippen molar-refractivity contribution in [3.63, 3.8) is 0 Å². The SMILES string of the molecule is CC1=C(Pc2ccccc2)c2ccccc2[CH]1[Hf+2][c]1cccc2c1Cc1ccccc1-2.[Cl-].[Cl-]. The van der Waals surface area contributed by atoms with E-state index in [2.05, 4.69) is 104 Å². The third-order valence-corrected chi connectivity index (χ3v) is 14.6. The maximum absolute atomic E-state index is 2.45. The number of hydrogen-bond acceptors (Lipinski definition) is 0. The quantitative estimate of drug-likeness (QED) is 0.196. The molecular weight excluding hydrogens is 629 g/mol. The fourth-order valence-corrected chi connectivity index (χ4v) is 12.9. The Morgan fingerprint density at radius 1 is 0.697 bits per heavy atom. The molecule has 33 heavy (non-hydrogen) atoms. The zero-order valence-corrected chi connectivity index (χ0v) is 24.4. The van der Waals surface area contributed by atoms with Gasteiger partial charge in [0.25, 0.3) is 0 Å². The number of fused-ring (bicyclic) bond motifs is 4. The van der Waals surface area contributed by atoms with Gasteiger partial charge < -0.3 is 24.8 Å². The van der Waals surface area contributed by atoms with Gasteiger partial charge in [-0.25, -0.2) is 0 Å². The van der Waals surface area contributed by atoms with Crippen molar-refractivity contribution in [2.24, 2.45) is 0 Å². The van der Waals surface area contributed by atoms with Gasteiger partial charge in [0.05, 0.1) is 0 Å². The fourth-order valence-electron chi connectivity index (χ4n) is 5.03. The van der Waals surface area contributed by atoms with E-state index >= 15 is 0 Å². The third-order valence-electron chi connectivity index (χ3n) is 6.56. The van der Waals surface area contributed by atoms with Crippen LogP contribution in [-0.2, 0) is 29.3 Å². The summed E-state index contributed by atoms with van der Waals surface area (Å²) in [4.78, 5) is 0. The van der Waals surface area contributed by atoms with Crippen LogP contribution in [0.5, 0.6) is 0 Å². The molecule has 0 radical (unpaired) electrons. The summed E-state index contributed by atoms with van der Waals surface area (Å²) in [5.41, 5.74) is 10.8. The van der Waals surface area contributed by atoms with Crippen molar-refractivity contribution in [3.05, 3.63) is 125 Å². The minimum atomic E-state index is -1.14. The monoisotopic (exact) mass is 652 g/mol. The Kier molecular flexibility index (Phi) is 7.76. The van der Waals surface area contributed by atoms with Crippen LogP contribution in [0.25, 0.3) is 16.4 Å². The van der Waals surface area contributed by atoms with Crippen LogP contribution in [0.3, 0.4) is 0 Å². The average Bonchev–Trinajstić information content (AvgIpc) is 3.32. The Morgan fingerprint density at radius 2 is 1.36 bits per heavy atom. The summed E-state index contributed by atoms with van der Waals surface area (Å²) >= 11 is -1.14. The molecule has 0 bridgehead atoms. The molecule has 4 aromatic rings. The molecule has 0 spiro atoms. The van der Waals surface area contributed by atoms with Crippen LogP contribution >= 0.6 is 8.58 Å². The van der Waals surface area contributed by atoms with Crippen LogP contribution in [0.4, 0.5) is 0 Å². The normalized spacial score (nSPS) is 15.4. The van der Waals surface area contributed by atoms with Gasteiger partial charge in [-0.3, -0.25) is 0 Å². The van der Waals surface area contributed by atoms with Crippen molar-refractivity contribution in [1.82, 2.24) is 0 Å². The van der Waals surface area contributed by atoms with Gasteiger partial charge in [-0.1, -0.05) is 0 Å². The van der Waals surface area contributed by atoms with Gasteiger partial charge in [0.2, 0.25) is 0 Å². The van der Waals surface area contributed by atoms with E-state index in [-0.39, 0.29) is 24.8 Å². The molecular formula is C29H23Cl2HfP. The van der Waals surface area contributed by atoms with Crippen LogP contribution in [0.1, 0.15) is 32.9 Å². The van der Waals surface area contributed by atoms with Crippen LogP contribution < -0.4 is 33.4 Å². The van der Waals surface area contributed by atoms with E-state index in [1.807, 2.05) is 0 Å². The molecule has 2 atom stereocenters. The van der Waals surface area contributed by atoms with Crippen molar-refractivity contribution in [2.45, 2.75) is 17.0 Å². The van der Waals surface area contributed by atoms with Gasteiger partial charge in [0.1, 0.15) is 0 Å². The molecule has 0 nitrogen and oxygen atoms in total. The average molecular weight is 652 g/mol. The van der Waals surface area contributed by atoms with Crippen molar-refractivity contribution < 1.29 is 47.7 Å². The molecule has 0 aromatic heterocycles. The second kappa shape index (κ2) is 10.4. The number of benzene rings is 4. The minimum absolute atomic E-state index is 0. The summed E-state index contributed by atoms with van der Waals surface area (Å²) in [7, 11) is 0.744. The predicted molar refractivity (Wildman–Crippen MR) is 130 cm³/mol. The van der Waals surface area contributed by atoms with Crippen LogP contribution in [0.2, 0.25) is 0 Å². The molecule has 0 aliphatic heterocycles. The standard InChI is InChI=1S/C16H14P.C13H9.2ClH.Hf/c1-12-11-13-7-5-6-10-15(13)16(12)17-14-8-3-2-4-9-14;1-3-7-12-10(5-1)9-11-6-2-4-8-13(11)12;;;/h2-11,17H,1H3;1-5,7-8H,9H2;2*1H;/q;;;;+2/p-2. The van der Waals surface area contributed by atoms with Crippen molar-refractivity contribution in [2.75, 3.05) is 0 Å². The van der Waals surface area contributed by atoms with Crippen molar-refractivity contribution in [3.8, 4) is 11.1 Å². The zero-order chi connectivity index (χ0) is 20.8. The van der Waals surface area contributed by atoms with E-state index in [1.165, 1.54) is 27.6 Å². The van der Waals surface area contributed by atoms with Gasteiger partial charge in [0, 0.05) is 0 Å². The molecule has 2 aliphatic carbocycles. The number of allylic oxidation sites excluding steroid dienone is 1. The van der Waals surface area contributed by atoms with E-state index < -0.39 is 22.9 Å². The van der Waals surface area contributed by atoms with E-state index in [0.29, 0.717) is 3.67 Å². The Balaban J connectivity index is 0.00000130. The van der Waals surface area contributed by atoms with Crippen molar-refractivity contribution >= 4 is 22.5 Å². The maximum Gasteiger partial charge on any atom is -1.00 e. The number of halogens is 2. The summed E-state index contributed by atoms with van der Waals surface area (Å²) in [5, 5.41) is 3.03. The first-order chi connectivity index (χ1) is 15.3. The second-order valence-electron chi connectivity index (χ2n) is 8.38. The van der Waals surface area contributed by atoms with Gasteiger partial charge in [0.15, 0.2) is 0 Å². The van der Waals surface area contributed by atoms with Gasteiger partial charge in [-0.05, 0) is 0 Å². The first kappa shape index (κ1) is 24.6. The summed E-state index contributed by atoms with van der Waals surface area (Å²) in [6.45, 7) is 2.42. The molecule has 0 saturated carbocycles. The van der Waals surface area contributed by atoms with E-state index in [4.69, 9.17) is 0 Å². The van der Waals surface area contributed by atoms with Crippen LogP contribution in [-0.4, -0.2) is 0 Å². The molecule has 0 fully saturated rings. The van der Waals surface area contributed by atoms with Crippen molar-refractivity contribution in [1.29, 1.82) is 0 Å². The zero-order valence-electron chi connectivity index (χ0n) is 18.3. The Labute approximate surface area is 221 Å². The molecule has 4 heteroatoms. The Hall–Kier alpha value is -1.50. The molecule has 0 amide bonds. The summed E-state index contributed by atoms with van der Waals surface area (Å²) < 4.78 is 2.37. The minimum Gasteiger partial charge on any atom is -1.00 e. The molecule has 6 rings (SSSR count). The van der Waals surface area contributed by atoms with Gasteiger partial charge in [-0.2, -0.15) is 0 Å².